The minimum atomic E-state index is 0.174. The lowest BCUT2D eigenvalue weighted by Gasteiger charge is -2.16. The number of carbonyl (C=O) groups excluding carboxylic acids is 1. The first kappa shape index (κ1) is 16.4. The Balaban J connectivity index is 3.85. The van der Waals surface area contributed by atoms with E-state index in [-0.39, 0.29) is 5.91 Å². The van der Waals surface area contributed by atoms with Gasteiger partial charge in [0.25, 0.3) is 0 Å². The summed E-state index contributed by atoms with van der Waals surface area (Å²) in [5.74, 6) is 0.743. The Morgan fingerprint density at radius 3 is 2.35 bits per heavy atom. The molecule has 3 N–H and O–H groups in total. The highest BCUT2D eigenvalue weighted by atomic mass is 16.1. The highest BCUT2D eigenvalue weighted by Crippen LogP contribution is 2.20. The van der Waals surface area contributed by atoms with Crippen LogP contribution >= 0.6 is 0 Å². The Morgan fingerprint density at radius 2 is 1.76 bits per heavy atom. The van der Waals surface area contributed by atoms with Gasteiger partial charge in [-0.2, -0.15) is 0 Å². The molecule has 3 heteroatoms. The van der Waals surface area contributed by atoms with E-state index < -0.39 is 0 Å². The predicted molar refractivity (Wildman–Crippen MR) is 73.8 cm³/mol. The molecule has 0 radical (unpaired) electrons. The van der Waals surface area contributed by atoms with Crippen LogP contribution in [0.15, 0.2) is 0 Å². The number of nitrogens with one attached hydrogen (secondary N) is 1. The number of hydrogen-bond acceptors (Lipinski definition) is 2. The Bertz CT molecular complexity index is 183. The smallest absolute Gasteiger partial charge is 0.220 e. The average Bonchev–Trinajstić information content (AvgIpc) is 2.33. The summed E-state index contributed by atoms with van der Waals surface area (Å²) >= 11 is 0. The standard InChI is InChI=1S/C14H30N2O/c1-3-5-7-9-13(8-6-4-2)12-14(17)16-11-10-15/h13H,3-12,15H2,1-2H3,(H,16,17). The molecule has 0 aliphatic carbocycles. The third-order valence-electron chi connectivity index (χ3n) is 3.12. The van der Waals surface area contributed by atoms with E-state index in [4.69, 9.17) is 5.73 Å². The van der Waals surface area contributed by atoms with Gasteiger partial charge in [-0.1, -0.05) is 46.0 Å². The molecule has 0 heterocycles. The van der Waals surface area contributed by atoms with Gasteiger partial charge in [0.05, 0.1) is 0 Å². The van der Waals surface area contributed by atoms with Gasteiger partial charge in [-0.05, 0) is 18.8 Å². The molecule has 17 heavy (non-hydrogen) atoms. The molecular weight excluding hydrogens is 212 g/mol. The third kappa shape index (κ3) is 10.3. The van der Waals surface area contributed by atoms with Crippen molar-refractivity contribution in [3.05, 3.63) is 0 Å². The second-order valence-electron chi connectivity index (χ2n) is 4.85. The summed E-state index contributed by atoms with van der Waals surface area (Å²) in [4.78, 5) is 11.6. The molecule has 1 unspecified atom stereocenters. The molecule has 1 atom stereocenters. The number of unbranched alkanes of at least 4 members (excludes halogenated alkanes) is 3. The fourth-order valence-electron chi connectivity index (χ4n) is 2.07. The molecule has 1 amide bonds. The van der Waals surface area contributed by atoms with E-state index in [2.05, 4.69) is 19.2 Å². The lowest BCUT2D eigenvalue weighted by Crippen LogP contribution is -2.30. The Kier molecular flexibility index (Phi) is 11.5. The van der Waals surface area contributed by atoms with Crippen LogP contribution in [0.2, 0.25) is 0 Å². The van der Waals surface area contributed by atoms with E-state index in [1.54, 1.807) is 0 Å². The average molecular weight is 242 g/mol. The normalized spacial score (nSPS) is 12.4. The van der Waals surface area contributed by atoms with Crippen LogP contribution in [0.1, 0.15) is 65.2 Å². The van der Waals surface area contributed by atoms with Crippen molar-refractivity contribution in [2.24, 2.45) is 11.7 Å². The highest BCUT2D eigenvalue weighted by Gasteiger charge is 2.12. The Hall–Kier alpha value is -0.570. The zero-order chi connectivity index (χ0) is 12.9. The zero-order valence-corrected chi connectivity index (χ0v) is 11.6. The van der Waals surface area contributed by atoms with Gasteiger partial charge in [-0.3, -0.25) is 4.79 Å². The minimum absolute atomic E-state index is 0.174. The van der Waals surface area contributed by atoms with E-state index in [1.165, 1.54) is 44.9 Å². The molecule has 0 aromatic rings. The lowest BCUT2D eigenvalue weighted by atomic mass is 9.92. The van der Waals surface area contributed by atoms with Crippen LogP contribution in [0.5, 0.6) is 0 Å². The van der Waals surface area contributed by atoms with Gasteiger partial charge in [-0.15, -0.1) is 0 Å². The molecule has 0 rings (SSSR count). The largest absolute Gasteiger partial charge is 0.355 e. The van der Waals surface area contributed by atoms with Crippen molar-refractivity contribution in [2.75, 3.05) is 13.1 Å². The fraction of sp³-hybridized carbons (Fsp3) is 0.929. The van der Waals surface area contributed by atoms with E-state index >= 15 is 0 Å². The minimum Gasteiger partial charge on any atom is -0.355 e. The monoisotopic (exact) mass is 242 g/mol. The topological polar surface area (TPSA) is 55.1 Å². The maximum absolute atomic E-state index is 11.6. The summed E-state index contributed by atoms with van der Waals surface area (Å²) in [6.45, 7) is 5.56. The molecule has 0 aromatic heterocycles. The van der Waals surface area contributed by atoms with Crippen LogP contribution < -0.4 is 11.1 Å². The summed E-state index contributed by atoms with van der Waals surface area (Å²) in [6, 6.07) is 0. The summed E-state index contributed by atoms with van der Waals surface area (Å²) in [5.41, 5.74) is 5.37. The fourth-order valence-corrected chi connectivity index (χ4v) is 2.07. The first-order chi connectivity index (χ1) is 8.24. The Labute approximate surface area is 107 Å². The van der Waals surface area contributed by atoms with Gasteiger partial charge >= 0.3 is 0 Å². The first-order valence-electron chi connectivity index (χ1n) is 7.21. The van der Waals surface area contributed by atoms with E-state index in [0.29, 0.717) is 25.4 Å². The predicted octanol–water partition coefficient (Wildman–Crippen LogP) is 2.84. The maximum Gasteiger partial charge on any atom is 0.220 e. The van der Waals surface area contributed by atoms with Crippen molar-refractivity contribution in [3.8, 4) is 0 Å². The second-order valence-corrected chi connectivity index (χ2v) is 4.85. The number of hydrogen-bond donors (Lipinski definition) is 2. The lowest BCUT2D eigenvalue weighted by molar-refractivity contribution is -0.122. The van der Waals surface area contributed by atoms with Crippen LogP contribution in [0.3, 0.4) is 0 Å². The molecule has 0 aliphatic heterocycles. The molecule has 102 valence electrons. The maximum atomic E-state index is 11.6. The second kappa shape index (κ2) is 11.9. The van der Waals surface area contributed by atoms with Crippen LogP contribution in [-0.2, 0) is 4.79 Å². The van der Waals surface area contributed by atoms with Crippen LogP contribution in [0.4, 0.5) is 0 Å². The quantitative estimate of drug-likeness (QED) is 0.547. The molecular formula is C14H30N2O. The van der Waals surface area contributed by atoms with E-state index in [0.717, 1.165) is 0 Å². The molecule has 0 saturated carbocycles. The Morgan fingerprint density at radius 1 is 1.12 bits per heavy atom. The van der Waals surface area contributed by atoms with Crippen molar-refractivity contribution >= 4 is 5.91 Å². The molecule has 0 aliphatic rings. The highest BCUT2D eigenvalue weighted by molar-refractivity contribution is 5.76. The molecule has 0 saturated heterocycles. The van der Waals surface area contributed by atoms with Gasteiger partial charge in [0.2, 0.25) is 5.91 Å². The molecule has 0 fully saturated rings. The van der Waals surface area contributed by atoms with Crippen LogP contribution in [0.25, 0.3) is 0 Å². The van der Waals surface area contributed by atoms with Crippen molar-refractivity contribution in [1.29, 1.82) is 0 Å². The number of carbonyl (C=O) groups is 1. The number of rotatable bonds is 11. The van der Waals surface area contributed by atoms with Gasteiger partial charge in [0.15, 0.2) is 0 Å². The molecule has 0 spiro atoms. The number of nitrogens with two attached hydrogens (primary N) is 1. The van der Waals surface area contributed by atoms with Gasteiger partial charge in [0, 0.05) is 19.5 Å². The van der Waals surface area contributed by atoms with Crippen molar-refractivity contribution in [2.45, 2.75) is 65.2 Å². The van der Waals surface area contributed by atoms with Gasteiger partial charge in [-0.25, -0.2) is 0 Å². The van der Waals surface area contributed by atoms with Gasteiger partial charge < -0.3 is 11.1 Å². The van der Waals surface area contributed by atoms with Crippen molar-refractivity contribution < 1.29 is 4.79 Å². The van der Waals surface area contributed by atoms with Gasteiger partial charge in [0.1, 0.15) is 0 Å². The van der Waals surface area contributed by atoms with Crippen LogP contribution in [-0.4, -0.2) is 19.0 Å². The van der Waals surface area contributed by atoms with Crippen molar-refractivity contribution in [3.63, 3.8) is 0 Å². The number of amides is 1. The van der Waals surface area contributed by atoms with Crippen molar-refractivity contribution in [1.82, 2.24) is 5.32 Å². The zero-order valence-electron chi connectivity index (χ0n) is 11.6. The summed E-state index contributed by atoms with van der Waals surface area (Å²) in [6.07, 6.45) is 9.32. The summed E-state index contributed by atoms with van der Waals surface area (Å²) in [7, 11) is 0. The third-order valence-corrected chi connectivity index (χ3v) is 3.12. The van der Waals surface area contributed by atoms with Crippen LogP contribution in [0, 0.1) is 5.92 Å². The summed E-state index contributed by atoms with van der Waals surface area (Å²) < 4.78 is 0. The van der Waals surface area contributed by atoms with E-state index in [9.17, 15) is 4.79 Å². The molecule has 0 aromatic carbocycles. The molecule has 3 nitrogen and oxygen atoms in total. The first-order valence-corrected chi connectivity index (χ1v) is 7.21. The molecule has 0 bridgehead atoms. The SMILES string of the molecule is CCCCCC(CCCC)CC(=O)NCCN. The summed E-state index contributed by atoms with van der Waals surface area (Å²) in [5, 5.41) is 2.87. The van der Waals surface area contributed by atoms with E-state index in [1.807, 2.05) is 0 Å².